The van der Waals surface area contributed by atoms with E-state index >= 15 is 0 Å². The summed E-state index contributed by atoms with van der Waals surface area (Å²) >= 11 is 7.99. The van der Waals surface area contributed by atoms with Crippen LogP contribution in [-0.4, -0.2) is 10.3 Å². The Morgan fingerprint density at radius 1 is 1.38 bits per heavy atom. The molecule has 1 unspecified atom stereocenters. The summed E-state index contributed by atoms with van der Waals surface area (Å²) in [6, 6.07) is 7.80. The fraction of sp³-hybridized carbons (Fsp3) is 0.222. The second-order valence-electron chi connectivity index (χ2n) is 2.81. The van der Waals surface area contributed by atoms with Gasteiger partial charge in [0.2, 0.25) is 0 Å². The molecule has 0 aromatic heterocycles. The maximum atomic E-state index is 5.79. The highest BCUT2D eigenvalue weighted by Gasteiger charge is 2.22. The molecule has 0 saturated heterocycles. The molecule has 1 aliphatic rings. The van der Waals surface area contributed by atoms with Gasteiger partial charge in [-0.15, -0.1) is 0 Å². The molecule has 0 spiro atoms. The number of nitrogens with zero attached hydrogens (tertiary/aromatic N) is 1. The van der Waals surface area contributed by atoms with E-state index in [0.717, 1.165) is 8.74 Å². The largest absolute Gasteiger partial charge is 0.394 e. The van der Waals surface area contributed by atoms with Crippen molar-refractivity contribution < 1.29 is 4.84 Å². The summed E-state index contributed by atoms with van der Waals surface area (Å²) in [5.41, 5.74) is 1.20. The van der Waals surface area contributed by atoms with Crippen LogP contribution < -0.4 is 0 Å². The second kappa shape index (κ2) is 3.84. The minimum absolute atomic E-state index is 0.290. The number of hydrogen-bond donors (Lipinski definition) is 0. The van der Waals surface area contributed by atoms with Crippen LogP contribution >= 0.6 is 34.2 Å². The molecular weight excluding hydrogens is 300 g/mol. The first-order valence-electron chi connectivity index (χ1n) is 3.88. The van der Waals surface area contributed by atoms with Crippen molar-refractivity contribution in [1.82, 2.24) is 0 Å². The predicted molar refractivity (Wildman–Crippen MR) is 61.6 cm³/mol. The van der Waals surface area contributed by atoms with Gasteiger partial charge in [0.1, 0.15) is 10.3 Å². The molecule has 0 aliphatic carbocycles. The van der Waals surface area contributed by atoms with Gasteiger partial charge in [0.05, 0.1) is 5.92 Å². The number of halogens is 2. The summed E-state index contributed by atoms with van der Waals surface area (Å²) in [5, 5.41) is 4.65. The van der Waals surface area contributed by atoms with Gasteiger partial charge in [-0.2, -0.15) is 0 Å². The first kappa shape index (κ1) is 9.27. The monoisotopic (exact) mass is 307 g/mol. The Hall–Kier alpha value is -0.290. The second-order valence-corrected chi connectivity index (χ2v) is 4.36. The zero-order valence-electron chi connectivity index (χ0n) is 6.71. The topological polar surface area (TPSA) is 21.6 Å². The third kappa shape index (κ3) is 1.96. The van der Waals surface area contributed by atoms with Crippen molar-refractivity contribution in [2.24, 2.45) is 5.16 Å². The van der Waals surface area contributed by atoms with Crippen molar-refractivity contribution in [1.29, 1.82) is 0 Å². The van der Waals surface area contributed by atoms with E-state index in [0.29, 0.717) is 6.61 Å². The van der Waals surface area contributed by atoms with Crippen LogP contribution in [0.4, 0.5) is 0 Å². The Kier molecular flexibility index (Phi) is 2.74. The Bertz CT molecular complexity index is 336. The lowest BCUT2D eigenvalue weighted by Crippen LogP contribution is -2.04. The quantitative estimate of drug-likeness (QED) is 0.730. The molecule has 68 valence electrons. The molecule has 1 aliphatic heterocycles. The smallest absolute Gasteiger partial charge is 0.130 e. The third-order valence-corrected chi connectivity index (χ3v) is 3.15. The summed E-state index contributed by atoms with van der Waals surface area (Å²) in [6.45, 7) is 0.639. The van der Waals surface area contributed by atoms with Gasteiger partial charge in [-0.3, -0.25) is 0 Å². The van der Waals surface area contributed by atoms with Gasteiger partial charge in [-0.25, -0.2) is 0 Å². The van der Waals surface area contributed by atoms with Crippen molar-refractivity contribution in [2.75, 3.05) is 6.61 Å². The highest BCUT2D eigenvalue weighted by molar-refractivity contribution is 14.1. The van der Waals surface area contributed by atoms with Crippen LogP contribution in [0.2, 0.25) is 5.02 Å². The average molecular weight is 308 g/mol. The van der Waals surface area contributed by atoms with Crippen LogP contribution in [-0.2, 0) is 4.84 Å². The van der Waals surface area contributed by atoms with Crippen molar-refractivity contribution in [3.63, 3.8) is 0 Å². The third-order valence-electron chi connectivity index (χ3n) is 1.95. The first-order valence-corrected chi connectivity index (χ1v) is 5.34. The molecule has 2 nitrogen and oxygen atoms in total. The van der Waals surface area contributed by atoms with E-state index in [1.807, 2.05) is 24.3 Å². The lowest BCUT2D eigenvalue weighted by Gasteiger charge is -2.06. The Balaban J connectivity index is 2.26. The molecule has 0 saturated carbocycles. The minimum Gasteiger partial charge on any atom is -0.394 e. The van der Waals surface area contributed by atoms with Gasteiger partial charge in [0.25, 0.3) is 0 Å². The molecule has 0 amide bonds. The summed E-state index contributed by atoms with van der Waals surface area (Å²) in [6.07, 6.45) is 0. The molecular formula is C9H7ClINO. The van der Waals surface area contributed by atoms with Crippen LogP contribution in [0, 0.1) is 0 Å². The molecule has 0 N–H and O–H groups in total. The molecule has 2 rings (SSSR count). The molecule has 1 heterocycles. The van der Waals surface area contributed by atoms with E-state index in [9.17, 15) is 0 Å². The van der Waals surface area contributed by atoms with E-state index in [1.54, 1.807) is 0 Å². The van der Waals surface area contributed by atoms with E-state index < -0.39 is 0 Å². The van der Waals surface area contributed by atoms with Gasteiger partial charge >= 0.3 is 0 Å². The predicted octanol–water partition coefficient (Wildman–Crippen LogP) is 3.20. The molecule has 1 aromatic rings. The van der Waals surface area contributed by atoms with E-state index in [2.05, 4.69) is 27.7 Å². The van der Waals surface area contributed by atoms with Crippen molar-refractivity contribution in [3.8, 4) is 0 Å². The molecule has 1 aromatic carbocycles. The van der Waals surface area contributed by atoms with Crippen LogP contribution in [0.3, 0.4) is 0 Å². The summed E-state index contributed by atoms with van der Waals surface area (Å²) < 4.78 is 1.000. The summed E-state index contributed by atoms with van der Waals surface area (Å²) in [5.74, 6) is 0.290. The Morgan fingerprint density at radius 3 is 2.62 bits per heavy atom. The summed E-state index contributed by atoms with van der Waals surface area (Å²) in [4.78, 5) is 5.00. The number of benzene rings is 1. The Labute approximate surface area is 95.0 Å². The normalized spacial score (nSPS) is 21.1. The number of oxime groups is 1. The maximum Gasteiger partial charge on any atom is 0.130 e. The first-order chi connectivity index (χ1) is 6.27. The van der Waals surface area contributed by atoms with Crippen LogP contribution in [0.15, 0.2) is 29.4 Å². The molecule has 13 heavy (non-hydrogen) atoms. The van der Waals surface area contributed by atoms with Crippen LogP contribution in [0.1, 0.15) is 11.5 Å². The lowest BCUT2D eigenvalue weighted by molar-refractivity contribution is 0.166. The van der Waals surface area contributed by atoms with E-state index in [-0.39, 0.29) is 5.92 Å². The van der Waals surface area contributed by atoms with Crippen molar-refractivity contribution in [2.45, 2.75) is 5.92 Å². The lowest BCUT2D eigenvalue weighted by atomic mass is 10.0. The van der Waals surface area contributed by atoms with Crippen molar-refractivity contribution >= 4 is 37.9 Å². The van der Waals surface area contributed by atoms with E-state index in [4.69, 9.17) is 16.4 Å². The molecule has 4 heteroatoms. The van der Waals surface area contributed by atoms with Crippen molar-refractivity contribution in [3.05, 3.63) is 34.9 Å². The highest BCUT2D eigenvalue weighted by Crippen LogP contribution is 2.27. The molecule has 1 atom stereocenters. The highest BCUT2D eigenvalue weighted by atomic mass is 127. The Morgan fingerprint density at radius 2 is 2.08 bits per heavy atom. The van der Waals surface area contributed by atoms with Crippen LogP contribution in [0.25, 0.3) is 0 Å². The molecule has 0 radical (unpaired) electrons. The summed E-state index contributed by atoms with van der Waals surface area (Å²) in [7, 11) is 0. The van der Waals surface area contributed by atoms with Gasteiger partial charge in [-0.1, -0.05) is 28.9 Å². The number of hydrogen-bond acceptors (Lipinski definition) is 2. The standard InChI is InChI=1S/C9H7ClINO/c10-7-3-1-6(2-4-7)8-5-13-12-9(8)11/h1-4,8H,5H2. The fourth-order valence-corrected chi connectivity index (χ4v) is 2.04. The zero-order valence-corrected chi connectivity index (χ0v) is 9.62. The van der Waals surface area contributed by atoms with Gasteiger partial charge in [0.15, 0.2) is 0 Å². The van der Waals surface area contributed by atoms with Gasteiger partial charge in [-0.05, 0) is 40.3 Å². The molecule has 0 fully saturated rings. The fourth-order valence-electron chi connectivity index (χ4n) is 1.23. The zero-order chi connectivity index (χ0) is 9.26. The SMILES string of the molecule is Clc1ccc(C2CON=C2I)cc1. The minimum atomic E-state index is 0.290. The van der Waals surface area contributed by atoms with E-state index in [1.165, 1.54) is 5.56 Å². The average Bonchev–Trinajstić information content (AvgIpc) is 2.53. The van der Waals surface area contributed by atoms with Gasteiger partial charge < -0.3 is 4.84 Å². The molecule has 0 bridgehead atoms. The van der Waals surface area contributed by atoms with Crippen LogP contribution in [0.5, 0.6) is 0 Å². The number of rotatable bonds is 1. The van der Waals surface area contributed by atoms with Gasteiger partial charge in [0, 0.05) is 5.02 Å². The maximum absolute atomic E-state index is 5.79.